The van der Waals surface area contributed by atoms with Gasteiger partial charge in [-0.05, 0) is 20.4 Å². The molecule has 0 aliphatic carbocycles. The quantitative estimate of drug-likeness (QED) is 0.202. The first-order chi connectivity index (χ1) is 9.89. The molecule has 0 fully saturated rings. The molecule has 0 amide bonds. The van der Waals surface area contributed by atoms with E-state index >= 15 is 0 Å². The van der Waals surface area contributed by atoms with E-state index in [-0.39, 0.29) is 29.7 Å². The van der Waals surface area contributed by atoms with Gasteiger partial charge in [-0.15, -0.1) is 24.0 Å². The Bertz CT molecular complexity index is 391. The van der Waals surface area contributed by atoms with Gasteiger partial charge in [0.15, 0.2) is 5.96 Å². The minimum absolute atomic E-state index is 0. The summed E-state index contributed by atoms with van der Waals surface area (Å²) in [6, 6.07) is 0. The van der Waals surface area contributed by atoms with E-state index in [9.17, 15) is 8.42 Å². The summed E-state index contributed by atoms with van der Waals surface area (Å²) in [5.41, 5.74) is 0. The van der Waals surface area contributed by atoms with Crippen molar-refractivity contribution in [2.75, 3.05) is 65.5 Å². The fourth-order valence-electron chi connectivity index (χ4n) is 1.62. The first-order valence-electron chi connectivity index (χ1n) is 7.26. The van der Waals surface area contributed by atoms with Crippen molar-refractivity contribution in [1.82, 2.24) is 15.5 Å². The van der Waals surface area contributed by atoms with Crippen molar-refractivity contribution in [3.05, 3.63) is 0 Å². The van der Waals surface area contributed by atoms with Gasteiger partial charge in [0.1, 0.15) is 9.84 Å². The number of nitrogens with one attached hydrogen (secondary N) is 2. The zero-order chi connectivity index (χ0) is 16.1. The predicted molar refractivity (Wildman–Crippen MR) is 103 cm³/mol. The van der Waals surface area contributed by atoms with Gasteiger partial charge in [-0.3, -0.25) is 4.99 Å². The summed E-state index contributed by atoms with van der Waals surface area (Å²) in [6.07, 6.45) is 2.23. The number of guanidine groups is 1. The number of sulfone groups is 1. The Kier molecular flexibility index (Phi) is 15.9. The number of hydrogen-bond donors (Lipinski definition) is 2. The molecule has 0 aromatic carbocycles. The van der Waals surface area contributed by atoms with Crippen molar-refractivity contribution in [2.24, 2.45) is 4.99 Å². The zero-order valence-corrected chi connectivity index (χ0v) is 17.2. The van der Waals surface area contributed by atoms with Gasteiger partial charge >= 0.3 is 0 Å². The number of nitrogens with zero attached hydrogens (tertiary/aromatic N) is 2. The fourth-order valence-corrected chi connectivity index (χ4v) is 2.09. The molecule has 0 unspecified atom stereocenters. The molecule has 0 aliphatic heterocycles. The molecule has 0 atom stereocenters. The molecule has 0 radical (unpaired) electrons. The van der Waals surface area contributed by atoms with Crippen LogP contribution < -0.4 is 10.6 Å². The highest BCUT2D eigenvalue weighted by Gasteiger charge is 2.03. The average Bonchev–Trinajstić information content (AvgIpc) is 2.37. The normalized spacial score (nSPS) is 12.1. The number of ether oxygens (including phenoxy) is 1. The van der Waals surface area contributed by atoms with Gasteiger partial charge in [0, 0.05) is 46.2 Å². The highest BCUT2D eigenvalue weighted by atomic mass is 127. The topological polar surface area (TPSA) is 83.0 Å². The van der Waals surface area contributed by atoms with E-state index in [1.165, 1.54) is 6.26 Å². The lowest BCUT2D eigenvalue weighted by Crippen LogP contribution is -2.40. The second-order valence-electron chi connectivity index (χ2n) is 4.97. The third kappa shape index (κ3) is 16.2. The summed E-state index contributed by atoms with van der Waals surface area (Å²) < 4.78 is 27.2. The van der Waals surface area contributed by atoms with Crippen LogP contribution in [0.1, 0.15) is 13.3 Å². The molecule has 0 spiro atoms. The Morgan fingerprint density at radius 2 is 1.95 bits per heavy atom. The molecule has 7 nitrogen and oxygen atoms in total. The molecule has 0 rings (SSSR count). The van der Waals surface area contributed by atoms with E-state index in [1.807, 2.05) is 6.92 Å². The van der Waals surface area contributed by atoms with E-state index in [0.717, 1.165) is 32.7 Å². The average molecular weight is 450 g/mol. The second-order valence-corrected chi connectivity index (χ2v) is 7.23. The maximum Gasteiger partial charge on any atom is 0.191 e. The van der Waals surface area contributed by atoms with Crippen LogP contribution in [0.2, 0.25) is 0 Å². The van der Waals surface area contributed by atoms with E-state index < -0.39 is 9.84 Å². The number of halogens is 1. The molecule has 0 heterocycles. The van der Waals surface area contributed by atoms with Crippen molar-refractivity contribution >= 4 is 39.8 Å². The molecular formula is C13H31IN4O3S. The van der Waals surface area contributed by atoms with Crippen molar-refractivity contribution < 1.29 is 13.2 Å². The predicted octanol–water partition coefficient (Wildman–Crippen LogP) is 0.172. The molecule has 0 saturated carbocycles. The maximum absolute atomic E-state index is 11.1. The summed E-state index contributed by atoms with van der Waals surface area (Å²) in [5.74, 6) is 0.764. The molecule has 0 aromatic heterocycles. The fraction of sp³-hybridized carbons (Fsp3) is 0.923. The molecular weight excluding hydrogens is 419 g/mol. The summed E-state index contributed by atoms with van der Waals surface area (Å²) in [6.45, 7) is 6.35. The SMILES string of the molecule is CCNC(=NCCN(C)CCCOC)NCCS(C)(=O)=O.I. The summed E-state index contributed by atoms with van der Waals surface area (Å²) >= 11 is 0. The Morgan fingerprint density at radius 3 is 2.50 bits per heavy atom. The van der Waals surface area contributed by atoms with Gasteiger partial charge in [0.2, 0.25) is 0 Å². The van der Waals surface area contributed by atoms with E-state index in [4.69, 9.17) is 4.74 Å². The highest BCUT2D eigenvalue weighted by molar-refractivity contribution is 14.0. The third-order valence-electron chi connectivity index (χ3n) is 2.75. The van der Waals surface area contributed by atoms with Crippen LogP contribution in [0.15, 0.2) is 4.99 Å². The lowest BCUT2D eigenvalue weighted by molar-refractivity contribution is 0.180. The Hall–Kier alpha value is -0.130. The number of rotatable bonds is 11. The van der Waals surface area contributed by atoms with Crippen LogP contribution in [0.4, 0.5) is 0 Å². The molecule has 0 aromatic rings. The van der Waals surface area contributed by atoms with Crippen LogP contribution in [0, 0.1) is 0 Å². The van der Waals surface area contributed by atoms with E-state index in [2.05, 4.69) is 27.6 Å². The van der Waals surface area contributed by atoms with Gasteiger partial charge in [-0.25, -0.2) is 8.42 Å². The van der Waals surface area contributed by atoms with Gasteiger partial charge in [0.25, 0.3) is 0 Å². The number of methoxy groups -OCH3 is 1. The van der Waals surface area contributed by atoms with E-state index in [0.29, 0.717) is 19.0 Å². The number of likely N-dealkylation sites (N-methyl/N-ethyl adjacent to an activating group) is 1. The molecule has 0 aliphatic rings. The van der Waals surface area contributed by atoms with Crippen LogP contribution in [-0.4, -0.2) is 84.8 Å². The zero-order valence-electron chi connectivity index (χ0n) is 14.1. The van der Waals surface area contributed by atoms with Crippen molar-refractivity contribution in [3.63, 3.8) is 0 Å². The smallest absolute Gasteiger partial charge is 0.191 e. The van der Waals surface area contributed by atoms with Crippen LogP contribution in [-0.2, 0) is 14.6 Å². The molecule has 0 saturated heterocycles. The highest BCUT2D eigenvalue weighted by Crippen LogP contribution is 1.88. The maximum atomic E-state index is 11.1. The number of hydrogen-bond acceptors (Lipinski definition) is 5. The van der Waals surface area contributed by atoms with Crippen molar-refractivity contribution in [3.8, 4) is 0 Å². The van der Waals surface area contributed by atoms with Crippen LogP contribution in [0.5, 0.6) is 0 Å². The van der Waals surface area contributed by atoms with Crippen molar-refractivity contribution in [2.45, 2.75) is 13.3 Å². The summed E-state index contributed by atoms with van der Waals surface area (Å²) in [7, 11) is 0.807. The Balaban J connectivity index is 0. The molecule has 2 N–H and O–H groups in total. The molecule has 134 valence electrons. The summed E-state index contributed by atoms with van der Waals surface area (Å²) in [5, 5.41) is 6.12. The number of aliphatic imine (C=N–C) groups is 1. The van der Waals surface area contributed by atoms with Crippen LogP contribution in [0.3, 0.4) is 0 Å². The van der Waals surface area contributed by atoms with Crippen molar-refractivity contribution in [1.29, 1.82) is 0 Å². The largest absolute Gasteiger partial charge is 0.385 e. The van der Waals surface area contributed by atoms with Gasteiger partial charge in [-0.2, -0.15) is 0 Å². The molecule has 22 heavy (non-hydrogen) atoms. The minimum Gasteiger partial charge on any atom is -0.385 e. The van der Waals surface area contributed by atoms with Gasteiger partial charge in [-0.1, -0.05) is 0 Å². The molecule has 9 heteroatoms. The second kappa shape index (κ2) is 14.5. The third-order valence-corrected chi connectivity index (χ3v) is 3.70. The van der Waals surface area contributed by atoms with Gasteiger partial charge < -0.3 is 20.3 Å². The lowest BCUT2D eigenvalue weighted by atomic mass is 10.4. The lowest BCUT2D eigenvalue weighted by Gasteiger charge is -2.16. The van der Waals surface area contributed by atoms with Crippen LogP contribution >= 0.6 is 24.0 Å². The van der Waals surface area contributed by atoms with Crippen LogP contribution in [0.25, 0.3) is 0 Å². The first-order valence-corrected chi connectivity index (χ1v) is 9.32. The molecule has 0 bridgehead atoms. The monoisotopic (exact) mass is 450 g/mol. The Morgan fingerprint density at radius 1 is 1.27 bits per heavy atom. The standard InChI is InChI=1S/C13H30N4O3S.HI/c1-5-14-13(16-8-12-21(4,18)19)15-7-10-17(2)9-6-11-20-3;/h5-12H2,1-4H3,(H2,14,15,16);1H. The van der Waals surface area contributed by atoms with Gasteiger partial charge in [0.05, 0.1) is 12.3 Å². The first kappa shape index (κ1) is 24.1. The summed E-state index contributed by atoms with van der Waals surface area (Å²) in [4.78, 5) is 6.62. The van der Waals surface area contributed by atoms with E-state index in [1.54, 1.807) is 7.11 Å². The minimum atomic E-state index is -2.95. The Labute approximate surface area is 152 Å².